The minimum atomic E-state index is -0.733. The van der Waals surface area contributed by atoms with Crippen molar-refractivity contribution in [2.75, 3.05) is 26.8 Å². The molecule has 2 aromatic rings. The van der Waals surface area contributed by atoms with Crippen LogP contribution in [0, 0.1) is 0 Å². The maximum absolute atomic E-state index is 12.9. The number of H-pyrrole nitrogens is 1. The van der Waals surface area contributed by atoms with Crippen molar-refractivity contribution in [3.63, 3.8) is 0 Å². The molecule has 32 heavy (non-hydrogen) atoms. The molecular formula is C22H28ClN4O5-. The lowest BCUT2D eigenvalue weighted by molar-refractivity contribution is -0.261. The molecule has 1 aromatic heterocycles. The van der Waals surface area contributed by atoms with Gasteiger partial charge < -0.3 is 29.8 Å². The van der Waals surface area contributed by atoms with Crippen LogP contribution in [-0.4, -0.2) is 72.3 Å². The van der Waals surface area contributed by atoms with E-state index in [1.165, 1.54) is 7.11 Å². The molecule has 2 amide bonds. The number of aromatic amines is 1. The van der Waals surface area contributed by atoms with Crippen molar-refractivity contribution in [2.24, 2.45) is 4.99 Å². The Labute approximate surface area is 191 Å². The minimum Gasteiger partial charge on any atom is -0.595 e. The first-order chi connectivity index (χ1) is 15.1. The number of carbonyl (C=O) groups excluding carboxylic acids is 2. The monoisotopic (exact) mass is 463 g/mol. The molecule has 10 heteroatoms. The number of likely N-dealkylation sites (tertiary alicyclic amines) is 1. The van der Waals surface area contributed by atoms with Gasteiger partial charge in [-0.15, -0.1) is 0 Å². The Bertz CT molecular complexity index is 1010. The van der Waals surface area contributed by atoms with Gasteiger partial charge in [-0.05, 0) is 30.7 Å². The summed E-state index contributed by atoms with van der Waals surface area (Å²) in [5.74, 6) is -0.530. The van der Waals surface area contributed by atoms with E-state index >= 15 is 0 Å². The Morgan fingerprint density at radius 2 is 2.09 bits per heavy atom. The second-order valence-electron chi connectivity index (χ2n) is 8.73. The number of halogens is 1. The maximum Gasteiger partial charge on any atom is 0.268 e. The van der Waals surface area contributed by atoms with E-state index in [-0.39, 0.29) is 25.0 Å². The van der Waals surface area contributed by atoms with Crippen LogP contribution in [0.2, 0.25) is 5.02 Å². The van der Waals surface area contributed by atoms with Crippen molar-refractivity contribution < 1.29 is 24.2 Å². The third kappa shape index (κ3) is 6.14. The number of amides is 2. The summed E-state index contributed by atoms with van der Waals surface area (Å²) in [6.07, 6.45) is -0.299. The highest BCUT2D eigenvalue weighted by Crippen LogP contribution is 2.21. The number of rotatable bonds is 5. The Hall–Kier alpha value is -2.78. The maximum atomic E-state index is 12.9. The smallest absolute Gasteiger partial charge is 0.268 e. The summed E-state index contributed by atoms with van der Waals surface area (Å²) in [6.45, 7) is 5.77. The topological polar surface area (TPSA) is 119 Å². The number of methoxy groups -OCH3 is 1. The highest BCUT2D eigenvalue weighted by atomic mass is 35.5. The summed E-state index contributed by atoms with van der Waals surface area (Å²) >= 11 is 6.03. The summed E-state index contributed by atoms with van der Waals surface area (Å²) in [7, 11) is 1.45. The van der Waals surface area contributed by atoms with Crippen LogP contribution in [0.4, 0.5) is 0 Å². The quantitative estimate of drug-likeness (QED) is 0.516. The molecule has 0 unspecified atom stereocenters. The van der Waals surface area contributed by atoms with Gasteiger partial charge in [0.15, 0.2) is 0 Å². The predicted octanol–water partition coefficient (Wildman–Crippen LogP) is 1.70. The number of benzene rings is 1. The van der Waals surface area contributed by atoms with Gasteiger partial charge in [-0.3, -0.25) is 14.6 Å². The fraction of sp³-hybridized carbons (Fsp3) is 0.500. The highest BCUT2D eigenvalue weighted by molar-refractivity contribution is 6.31. The van der Waals surface area contributed by atoms with Crippen molar-refractivity contribution in [1.29, 1.82) is 0 Å². The number of fused-ring (bicyclic) bond motifs is 1. The lowest BCUT2D eigenvalue weighted by Gasteiger charge is -2.38. The summed E-state index contributed by atoms with van der Waals surface area (Å²) in [5.41, 5.74) is 0.455. The fourth-order valence-electron chi connectivity index (χ4n) is 3.57. The second kappa shape index (κ2) is 9.79. The van der Waals surface area contributed by atoms with Crippen LogP contribution in [0.1, 0.15) is 37.7 Å². The van der Waals surface area contributed by atoms with E-state index in [9.17, 15) is 14.7 Å². The Morgan fingerprint density at radius 1 is 1.34 bits per heavy atom. The van der Waals surface area contributed by atoms with Gasteiger partial charge in [-0.2, -0.15) is 0 Å². The van der Waals surface area contributed by atoms with Crippen molar-refractivity contribution in [3.05, 3.63) is 35.0 Å². The number of ether oxygens (including phenoxy) is 2. The van der Waals surface area contributed by atoms with E-state index in [1.54, 1.807) is 49.9 Å². The molecule has 2 N–H and O–H groups in total. The van der Waals surface area contributed by atoms with Crippen LogP contribution in [0.5, 0.6) is 0 Å². The second-order valence-corrected chi connectivity index (χ2v) is 9.17. The molecule has 2 heterocycles. The van der Waals surface area contributed by atoms with E-state index in [0.717, 1.165) is 10.9 Å². The molecule has 0 saturated carbocycles. The Balaban J connectivity index is 1.78. The average molecular weight is 464 g/mol. The molecule has 3 rings (SSSR count). The zero-order valence-electron chi connectivity index (χ0n) is 18.6. The molecule has 0 spiro atoms. The van der Waals surface area contributed by atoms with E-state index < -0.39 is 23.8 Å². The van der Waals surface area contributed by atoms with Gasteiger partial charge in [0.05, 0.1) is 12.1 Å². The molecule has 0 bridgehead atoms. The SMILES string of the molecule is COCC(=O)N1CC[C@@H](NC(=O)c2cc3cc(Cl)ccc3[nH]2)[C@H](N=C([O-])OC(C)(C)C)C1. The number of hydrogen-bond acceptors (Lipinski definition) is 6. The lowest BCUT2D eigenvalue weighted by atomic mass is 9.99. The highest BCUT2D eigenvalue weighted by Gasteiger charge is 2.33. The average Bonchev–Trinajstić information content (AvgIpc) is 3.11. The van der Waals surface area contributed by atoms with E-state index in [4.69, 9.17) is 21.1 Å². The number of nitrogens with one attached hydrogen (secondary N) is 2. The molecule has 174 valence electrons. The lowest BCUT2D eigenvalue weighted by Crippen LogP contribution is -2.56. The number of aromatic nitrogens is 1. The summed E-state index contributed by atoms with van der Waals surface area (Å²) in [6, 6.07) is 5.93. The van der Waals surface area contributed by atoms with Crippen molar-refractivity contribution in [3.8, 4) is 0 Å². The Kier molecular flexibility index (Phi) is 7.30. The number of hydrogen-bond donors (Lipinski definition) is 2. The van der Waals surface area contributed by atoms with Gasteiger partial charge >= 0.3 is 0 Å². The molecule has 2 atom stereocenters. The van der Waals surface area contributed by atoms with Crippen molar-refractivity contribution in [2.45, 2.75) is 44.9 Å². The zero-order valence-corrected chi connectivity index (χ0v) is 19.4. The number of aliphatic imine (C=N–C) groups is 1. The summed E-state index contributed by atoms with van der Waals surface area (Å²) in [4.78, 5) is 34.0. The standard InChI is InChI=1S/C22H29ClN4O5/c1-22(2,3)32-21(30)26-18-11-27(19(28)12-31-4)8-7-16(18)25-20(29)17-10-13-9-14(23)5-6-15(13)24-17/h5-6,9-10,16,18,24H,7-8,11-12H2,1-4H3,(H,25,29)(H,26,30)/p-1/t16-,18-/m1/s1. The molecule has 1 aliphatic rings. The molecule has 1 fully saturated rings. The minimum absolute atomic E-state index is 0.0617. The molecule has 1 saturated heterocycles. The predicted molar refractivity (Wildman–Crippen MR) is 120 cm³/mol. The number of piperidine rings is 1. The molecule has 0 aliphatic carbocycles. The summed E-state index contributed by atoms with van der Waals surface area (Å²) < 4.78 is 10.2. The third-order valence-electron chi connectivity index (χ3n) is 5.01. The zero-order chi connectivity index (χ0) is 23.5. The first kappa shape index (κ1) is 23.9. The van der Waals surface area contributed by atoms with Crippen LogP contribution in [0.3, 0.4) is 0 Å². The van der Waals surface area contributed by atoms with Crippen LogP contribution in [-0.2, 0) is 14.3 Å². The van der Waals surface area contributed by atoms with Crippen molar-refractivity contribution in [1.82, 2.24) is 15.2 Å². The van der Waals surface area contributed by atoms with Gasteiger partial charge in [-0.1, -0.05) is 32.4 Å². The van der Waals surface area contributed by atoms with Gasteiger partial charge in [0.2, 0.25) is 5.91 Å². The van der Waals surface area contributed by atoms with Crippen LogP contribution < -0.4 is 10.4 Å². The van der Waals surface area contributed by atoms with Crippen LogP contribution in [0.15, 0.2) is 29.3 Å². The molecular weight excluding hydrogens is 436 g/mol. The molecule has 9 nitrogen and oxygen atoms in total. The van der Waals surface area contributed by atoms with Gasteiger partial charge in [0.25, 0.3) is 5.91 Å². The number of nitrogens with zero attached hydrogens (tertiary/aromatic N) is 2. The summed E-state index contributed by atoms with van der Waals surface area (Å²) in [5, 5.41) is 16.7. The van der Waals surface area contributed by atoms with Gasteiger partial charge in [-0.25, -0.2) is 0 Å². The largest absolute Gasteiger partial charge is 0.595 e. The van der Waals surface area contributed by atoms with E-state index in [2.05, 4.69) is 15.3 Å². The normalized spacial score (nSPS) is 19.8. The number of carbonyl (C=O) groups is 2. The van der Waals surface area contributed by atoms with E-state index in [1.807, 2.05) is 0 Å². The first-order valence-corrected chi connectivity index (χ1v) is 10.7. The first-order valence-electron chi connectivity index (χ1n) is 10.4. The van der Waals surface area contributed by atoms with Crippen LogP contribution >= 0.6 is 11.6 Å². The Morgan fingerprint density at radius 3 is 2.78 bits per heavy atom. The van der Waals surface area contributed by atoms with Gasteiger partial charge in [0.1, 0.15) is 18.4 Å². The third-order valence-corrected chi connectivity index (χ3v) is 5.25. The van der Waals surface area contributed by atoms with Crippen LogP contribution in [0.25, 0.3) is 10.9 Å². The molecule has 0 radical (unpaired) electrons. The molecule has 1 aliphatic heterocycles. The molecule has 1 aromatic carbocycles. The van der Waals surface area contributed by atoms with Gasteiger partial charge in [0, 0.05) is 41.7 Å². The fourth-order valence-corrected chi connectivity index (χ4v) is 3.75. The van der Waals surface area contributed by atoms with E-state index in [0.29, 0.717) is 23.7 Å². The van der Waals surface area contributed by atoms with Crippen molar-refractivity contribution >= 4 is 40.4 Å².